The molecule has 0 bridgehead atoms. The topological polar surface area (TPSA) is 49.4 Å². The highest BCUT2D eigenvalue weighted by molar-refractivity contribution is 6.34. The number of piperidine rings is 1. The monoisotopic (exact) mass is 424 g/mol. The number of rotatable bonds is 7. The van der Waals surface area contributed by atoms with E-state index in [9.17, 15) is 9.59 Å². The summed E-state index contributed by atoms with van der Waals surface area (Å²) in [4.78, 5) is 26.3. The minimum Gasteiger partial charge on any atom is -0.375 e. The van der Waals surface area contributed by atoms with Crippen molar-refractivity contribution in [1.82, 2.24) is 4.90 Å². The van der Waals surface area contributed by atoms with Crippen molar-refractivity contribution in [1.29, 1.82) is 0 Å². The largest absolute Gasteiger partial charge is 0.375 e. The Morgan fingerprint density at radius 2 is 1.90 bits per heavy atom. The zero-order chi connectivity index (χ0) is 20.9. The van der Waals surface area contributed by atoms with Crippen molar-refractivity contribution in [3.8, 4) is 0 Å². The van der Waals surface area contributed by atoms with Crippen LogP contribution in [0.3, 0.4) is 0 Å². The molecule has 0 amide bonds. The van der Waals surface area contributed by atoms with Gasteiger partial charge in [-0.2, -0.15) is 0 Å². The van der Waals surface area contributed by atoms with Gasteiger partial charge in [0, 0.05) is 24.2 Å². The lowest BCUT2D eigenvalue weighted by Crippen LogP contribution is -2.35. The minimum absolute atomic E-state index is 0.103. The average Bonchev–Trinajstić information content (AvgIpc) is 2.78. The van der Waals surface area contributed by atoms with Gasteiger partial charge in [0.1, 0.15) is 6.29 Å². The molecule has 0 spiro atoms. The summed E-state index contributed by atoms with van der Waals surface area (Å²) in [6.07, 6.45) is 6.49. The number of carbonyl (C=O) groups excluding carboxylic acids is 2. The maximum absolute atomic E-state index is 12.8. The van der Waals surface area contributed by atoms with E-state index < -0.39 is 0 Å². The van der Waals surface area contributed by atoms with Crippen LogP contribution in [0.1, 0.15) is 47.2 Å². The van der Waals surface area contributed by atoms with Crippen molar-refractivity contribution in [2.45, 2.75) is 44.6 Å². The number of aryl methyl sites for hydroxylation is 1. The van der Waals surface area contributed by atoms with Gasteiger partial charge in [-0.25, -0.2) is 0 Å². The van der Waals surface area contributed by atoms with Crippen molar-refractivity contribution >= 4 is 29.4 Å². The van der Waals surface area contributed by atoms with Gasteiger partial charge in [-0.05, 0) is 74.4 Å². The fourth-order valence-electron chi connectivity index (χ4n) is 4.61. The van der Waals surface area contributed by atoms with E-state index in [1.807, 2.05) is 6.07 Å². The number of halogens is 1. The zero-order valence-corrected chi connectivity index (χ0v) is 18.0. The number of aldehydes is 1. The summed E-state index contributed by atoms with van der Waals surface area (Å²) >= 11 is 6.40. The quantitative estimate of drug-likeness (QED) is 0.512. The van der Waals surface area contributed by atoms with Crippen molar-refractivity contribution in [2.75, 3.05) is 25.0 Å². The highest BCUT2D eigenvalue weighted by Crippen LogP contribution is 2.31. The number of nitrogens with one attached hydrogen (secondary N) is 1. The van der Waals surface area contributed by atoms with Gasteiger partial charge in [0.25, 0.3) is 0 Å². The van der Waals surface area contributed by atoms with Crippen molar-refractivity contribution in [3.05, 3.63) is 64.2 Å². The second kappa shape index (κ2) is 9.76. The molecule has 2 aromatic rings. The van der Waals surface area contributed by atoms with Crippen LogP contribution in [0.5, 0.6) is 0 Å². The van der Waals surface area contributed by atoms with E-state index >= 15 is 0 Å². The summed E-state index contributed by atoms with van der Waals surface area (Å²) in [5.41, 5.74) is 3.98. The standard InChI is InChI=1S/C25H29ClN2O2/c26-23-16-24-20(6-7-21(17-29)27-24)15-22(23)25(30)10-13-28-11-8-19(9-12-28)14-18-4-2-1-3-5-18/h1-5,15-17,19,21,27H,6-14H2. The number of hydrogen-bond acceptors (Lipinski definition) is 4. The molecule has 4 nitrogen and oxygen atoms in total. The molecule has 0 aromatic heterocycles. The van der Waals surface area contributed by atoms with Gasteiger partial charge in [-0.3, -0.25) is 4.79 Å². The Balaban J connectivity index is 1.28. The third kappa shape index (κ3) is 5.11. The Morgan fingerprint density at radius 3 is 2.63 bits per heavy atom. The first-order valence-corrected chi connectivity index (χ1v) is 11.3. The van der Waals surface area contributed by atoms with E-state index in [1.54, 1.807) is 6.07 Å². The number of Topliss-reactive ketones (excluding diaryl/α,β-unsaturated/α-hetero) is 1. The molecular weight excluding hydrogens is 396 g/mol. The lowest BCUT2D eigenvalue weighted by Gasteiger charge is -2.32. The molecule has 1 N–H and O–H groups in total. The van der Waals surface area contributed by atoms with Crippen molar-refractivity contribution < 1.29 is 9.59 Å². The summed E-state index contributed by atoms with van der Waals surface area (Å²) in [7, 11) is 0. The van der Waals surface area contributed by atoms with Gasteiger partial charge in [-0.1, -0.05) is 41.9 Å². The highest BCUT2D eigenvalue weighted by Gasteiger charge is 2.23. The first-order valence-electron chi connectivity index (χ1n) is 11.0. The van der Waals surface area contributed by atoms with E-state index in [0.29, 0.717) is 17.0 Å². The number of anilines is 1. The third-order valence-corrected chi connectivity index (χ3v) is 6.77. The Kier molecular flexibility index (Phi) is 6.86. The van der Waals surface area contributed by atoms with Crippen LogP contribution >= 0.6 is 11.6 Å². The third-order valence-electron chi connectivity index (χ3n) is 6.45. The Hall–Kier alpha value is -2.17. The Morgan fingerprint density at radius 1 is 1.13 bits per heavy atom. The van der Waals surface area contributed by atoms with Crippen LogP contribution in [0.2, 0.25) is 5.02 Å². The molecule has 30 heavy (non-hydrogen) atoms. The normalized spacial score (nSPS) is 19.7. The van der Waals surface area contributed by atoms with Crippen LogP contribution < -0.4 is 5.32 Å². The van der Waals surface area contributed by atoms with E-state index in [4.69, 9.17) is 11.6 Å². The molecule has 2 heterocycles. The fraction of sp³-hybridized carbons (Fsp3) is 0.440. The second-order valence-corrected chi connectivity index (χ2v) is 8.97. The number of carbonyl (C=O) groups is 2. The van der Waals surface area contributed by atoms with E-state index in [1.165, 1.54) is 18.4 Å². The summed E-state index contributed by atoms with van der Waals surface area (Å²) in [5, 5.41) is 3.66. The van der Waals surface area contributed by atoms with Crippen LogP contribution in [0.25, 0.3) is 0 Å². The minimum atomic E-state index is -0.167. The summed E-state index contributed by atoms with van der Waals surface area (Å²) in [5.74, 6) is 0.837. The van der Waals surface area contributed by atoms with Crippen molar-refractivity contribution in [3.63, 3.8) is 0 Å². The first kappa shape index (κ1) is 21.1. The van der Waals surface area contributed by atoms with Crippen LogP contribution in [0.15, 0.2) is 42.5 Å². The molecule has 1 unspecified atom stereocenters. The molecule has 5 heteroatoms. The van der Waals surface area contributed by atoms with Gasteiger partial charge in [0.05, 0.1) is 11.1 Å². The number of nitrogens with zero attached hydrogens (tertiary/aromatic N) is 1. The summed E-state index contributed by atoms with van der Waals surface area (Å²) in [6, 6.07) is 14.3. The molecule has 0 saturated carbocycles. The zero-order valence-electron chi connectivity index (χ0n) is 17.3. The van der Waals surface area contributed by atoms with E-state index in [2.05, 4.69) is 40.5 Å². The molecule has 1 atom stereocenters. The van der Waals surface area contributed by atoms with Gasteiger partial charge in [-0.15, -0.1) is 0 Å². The number of hydrogen-bond donors (Lipinski definition) is 1. The molecule has 0 radical (unpaired) electrons. The van der Waals surface area contributed by atoms with Crippen molar-refractivity contribution in [2.24, 2.45) is 5.92 Å². The number of fused-ring (bicyclic) bond motifs is 1. The summed E-state index contributed by atoms with van der Waals surface area (Å²) < 4.78 is 0. The van der Waals surface area contributed by atoms with Crippen LogP contribution in [-0.4, -0.2) is 42.6 Å². The summed E-state index contributed by atoms with van der Waals surface area (Å²) in [6.45, 7) is 2.90. The molecule has 1 saturated heterocycles. The van der Waals surface area contributed by atoms with E-state index in [0.717, 1.165) is 62.4 Å². The highest BCUT2D eigenvalue weighted by atomic mass is 35.5. The van der Waals surface area contributed by atoms with Crippen LogP contribution in [0.4, 0.5) is 5.69 Å². The lowest BCUT2D eigenvalue weighted by molar-refractivity contribution is -0.108. The lowest BCUT2D eigenvalue weighted by atomic mass is 9.90. The van der Waals surface area contributed by atoms with Gasteiger partial charge in [0.2, 0.25) is 0 Å². The van der Waals surface area contributed by atoms with Gasteiger partial charge in [0.15, 0.2) is 5.78 Å². The maximum atomic E-state index is 12.8. The molecule has 4 rings (SSSR count). The van der Waals surface area contributed by atoms with E-state index in [-0.39, 0.29) is 11.8 Å². The second-order valence-electron chi connectivity index (χ2n) is 8.56. The van der Waals surface area contributed by atoms with Crippen LogP contribution in [0, 0.1) is 5.92 Å². The predicted octanol–water partition coefficient (Wildman–Crippen LogP) is 4.79. The Bertz CT molecular complexity index is 892. The molecule has 1 fully saturated rings. The maximum Gasteiger partial charge on any atom is 0.165 e. The SMILES string of the molecule is O=CC1CCc2cc(C(=O)CCN3CCC(Cc4ccccc4)CC3)c(Cl)cc2N1. The molecule has 0 aliphatic carbocycles. The number of likely N-dealkylation sites (tertiary alicyclic amines) is 1. The van der Waals surface area contributed by atoms with Gasteiger partial charge < -0.3 is 15.0 Å². The molecule has 2 aliphatic heterocycles. The average molecular weight is 425 g/mol. The Labute approximate surface area is 183 Å². The fourth-order valence-corrected chi connectivity index (χ4v) is 4.88. The molecule has 2 aliphatic rings. The number of benzene rings is 2. The smallest absolute Gasteiger partial charge is 0.165 e. The molecule has 158 valence electrons. The van der Waals surface area contributed by atoms with Gasteiger partial charge >= 0.3 is 0 Å². The van der Waals surface area contributed by atoms with Crippen LogP contribution in [-0.2, 0) is 17.6 Å². The first-order chi connectivity index (χ1) is 14.6. The molecular formula is C25H29ClN2O2. The predicted molar refractivity (Wildman–Crippen MR) is 122 cm³/mol. The molecule has 2 aromatic carbocycles. The number of ketones is 1.